The first-order valence-electron chi connectivity index (χ1n) is 7.29. The highest BCUT2D eigenvalue weighted by molar-refractivity contribution is 7.99. The van der Waals surface area contributed by atoms with Crippen LogP contribution in [-0.4, -0.2) is 36.6 Å². The second kappa shape index (κ2) is 8.93. The summed E-state index contributed by atoms with van der Waals surface area (Å²) in [6.45, 7) is 8.59. The fraction of sp³-hybridized carbons (Fsp3) is 0.562. The van der Waals surface area contributed by atoms with E-state index in [1.807, 2.05) is 19.1 Å². The Hall–Kier alpha value is -1.23. The zero-order chi connectivity index (χ0) is 15.7. The quantitative estimate of drug-likeness (QED) is 0.600. The maximum absolute atomic E-state index is 13.5. The molecule has 0 bridgehead atoms. The molecule has 0 fully saturated rings. The first kappa shape index (κ1) is 17.8. The van der Waals surface area contributed by atoms with Crippen molar-refractivity contribution in [3.63, 3.8) is 0 Å². The van der Waals surface area contributed by atoms with Crippen LogP contribution in [0.4, 0.5) is 4.39 Å². The lowest BCUT2D eigenvalue weighted by Gasteiger charge is -2.20. The van der Waals surface area contributed by atoms with Crippen molar-refractivity contribution in [1.82, 2.24) is 10.6 Å². The molecule has 118 valence electrons. The lowest BCUT2D eigenvalue weighted by atomic mass is 10.1. The number of guanidine groups is 1. The van der Waals surface area contributed by atoms with Gasteiger partial charge in [-0.2, -0.15) is 11.8 Å². The van der Waals surface area contributed by atoms with Crippen molar-refractivity contribution >= 4 is 17.7 Å². The molecule has 0 amide bonds. The average Bonchev–Trinajstić information content (AvgIpc) is 2.47. The molecule has 21 heavy (non-hydrogen) atoms. The molecule has 3 nitrogen and oxygen atoms in total. The van der Waals surface area contributed by atoms with E-state index >= 15 is 0 Å². The number of halogens is 1. The average molecular weight is 311 g/mol. The zero-order valence-electron chi connectivity index (χ0n) is 13.4. The van der Waals surface area contributed by atoms with Gasteiger partial charge in [-0.15, -0.1) is 0 Å². The molecule has 1 rings (SSSR count). The van der Waals surface area contributed by atoms with Crippen molar-refractivity contribution in [3.05, 3.63) is 35.6 Å². The highest BCUT2D eigenvalue weighted by Gasteiger charge is 2.15. The molecular weight excluding hydrogens is 285 g/mol. The molecule has 1 aromatic rings. The largest absolute Gasteiger partial charge is 0.357 e. The SMILES string of the molecule is CCNC(=NCC(C)(C)SC)NCCc1ccccc1F. The Labute approximate surface area is 131 Å². The summed E-state index contributed by atoms with van der Waals surface area (Å²) in [6.07, 6.45) is 2.73. The third kappa shape index (κ3) is 6.85. The predicted molar refractivity (Wildman–Crippen MR) is 91.7 cm³/mol. The summed E-state index contributed by atoms with van der Waals surface area (Å²) in [4.78, 5) is 4.59. The minimum absolute atomic E-state index is 0.119. The van der Waals surface area contributed by atoms with Crippen molar-refractivity contribution < 1.29 is 4.39 Å². The fourth-order valence-electron chi connectivity index (χ4n) is 1.69. The van der Waals surface area contributed by atoms with Gasteiger partial charge in [0.15, 0.2) is 5.96 Å². The molecule has 5 heteroatoms. The minimum Gasteiger partial charge on any atom is -0.357 e. The van der Waals surface area contributed by atoms with E-state index in [-0.39, 0.29) is 10.6 Å². The highest BCUT2D eigenvalue weighted by Crippen LogP contribution is 2.20. The molecule has 0 aliphatic carbocycles. The number of rotatable bonds is 7. The zero-order valence-corrected chi connectivity index (χ0v) is 14.2. The molecular formula is C16H26FN3S. The van der Waals surface area contributed by atoms with Crippen LogP contribution in [0.3, 0.4) is 0 Å². The molecule has 0 atom stereocenters. The van der Waals surface area contributed by atoms with E-state index in [4.69, 9.17) is 0 Å². The van der Waals surface area contributed by atoms with Crippen molar-refractivity contribution in [2.75, 3.05) is 25.9 Å². The van der Waals surface area contributed by atoms with Crippen molar-refractivity contribution in [1.29, 1.82) is 0 Å². The van der Waals surface area contributed by atoms with E-state index in [1.54, 1.807) is 17.8 Å². The Morgan fingerprint density at radius 1 is 1.29 bits per heavy atom. The van der Waals surface area contributed by atoms with Gasteiger partial charge in [0.05, 0.1) is 6.54 Å². The number of hydrogen-bond donors (Lipinski definition) is 2. The Balaban J connectivity index is 2.51. The molecule has 0 aliphatic heterocycles. The fourth-order valence-corrected chi connectivity index (χ4v) is 1.89. The molecule has 2 N–H and O–H groups in total. The Kier molecular flexibility index (Phi) is 7.57. The van der Waals surface area contributed by atoms with Crippen LogP contribution in [0.2, 0.25) is 0 Å². The van der Waals surface area contributed by atoms with Crippen LogP contribution >= 0.6 is 11.8 Å². The van der Waals surface area contributed by atoms with Gasteiger partial charge in [0.25, 0.3) is 0 Å². The molecule has 0 spiro atoms. The highest BCUT2D eigenvalue weighted by atomic mass is 32.2. The van der Waals surface area contributed by atoms with E-state index in [9.17, 15) is 4.39 Å². The number of nitrogens with one attached hydrogen (secondary N) is 2. The maximum atomic E-state index is 13.5. The standard InChI is InChI=1S/C16H26FN3S/c1-5-18-15(20-12-16(2,3)21-4)19-11-10-13-8-6-7-9-14(13)17/h6-9H,5,10-12H2,1-4H3,(H2,18,19,20). The van der Waals surface area contributed by atoms with Crippen LogP contribution in [0.15, 0.2) is 29.3 Å². The van der Waals surface area contributed by atoms with Gasteiger partial charge in [-0.1, -0.05) is 18.2 Å². The second-order valence-electron chi connectivity index (χ2n) is 5.43. The van der Waals surface area contributed by atoms with E-state index < -0.39 is 0 Å². The predicted octanol–water partition coefficient (Wildman–Crippen LogP) is 3.06. The molecule has 0 aliphatic rings. The summed E-state index contributed by atoms with van der Waals surface area (Å²) < 4.78 is 13.7. The molecule has 0 saturated heterocycles. The maximum Gasteiger partial charge on any atom is 0.191 e. The number of aliphatic imine (C=N–C) groups is 1. The monoisotopic (exact) mass is 311 g/mol. The summed E-state index contributed by atoms with van der Waals surface area (Å²) in [5.74, 6) is 0.640. The number of benzene rings is 1. The molecule has 1 aromatic carbocycles. The van der Waals surface area contributed by atoms with Gasteiger partial charge in [0.2, 0.25) is 0 Å². The topological polar surface area (TPSA) is 36.4 Å². The molecule has 0 heterocycles. The lowest BCUT2D eigenvalue weighted by Crippen LogP contribution is -2.39. The molecule has 0 unspecified atom stereocenters. The first-order chi connectivity index (χ1) is 9.98. The van der Waals surface area contributed by atoms with Gasteiger partial charge < -0.3 is 10.6 Å². The van der Waals surface area contributed by atoms with Crippen LogP contribution in [0.1, 0.15) is 26.3 Å². The lowest BCUT2D eigenvalue weighted by molar-refractivity contribution is 0.606. The van der Waals surface area contributed by atoms with Gasteiger partial charge in [0.1, 0.15) is 5.82 Å². The normalized spacial score (nSPS) is 12.3. The van der Waals surface area contributed by atoms with Crippen molar-refractivity contribution in [2.45, 2.75) is 31.9 Å². The number of nitrogens with zero attached hydrogens (tertiary/aromatic N) is 1. The molecule has 0 saturated carbocycles. The third-order valence-corrected chi connectivity index (χ3v) is 4.39. The Bertz CT molecular complexity index is 461. The summed E-state index contributed by atoms with van der Waals surface area (Å²) in [6, 6.07) is 6.88. The van der Waals surface area contributed by atoms with Gasteiger partial charge in [-0.05, 0) is 45.1 Å². The second-order valence-corrected chi connectivity index (χ2v) is 6.94. The van der Waals surface area contributed by atoms with Gasteiger partial charge in [-0.3, -0.25) is 4.99 Å². The number of thioether (sulfide) groups is 1. The smallest absolute Gasteiger partial charge is 0.191 e. The van der Waals surface area contributed by atoms with E-state index in [2.05, 4.69) is 35.7 Å². The van der Waals surface area contributed by atoms with Crippen LogP contribution in [0, 0.1) is 5.82 Å². The number of hydrogen-bond acceptors (Lipinski definition) is 2. The third-order valence-electron chi connectivity index (χ3n) is 3.16. The minimum atomic E-state index is -0.148. The van der Waals surface area contributed by atoms with Crippen molar-refractivity contribution in [2.24, 2.45) is 4.99 Å². The summed E-state index contributed by atoms with van der Waals surface area (Å²) >= 11 is 1.80. The summed E-state index contributed by atoms with van der Waals surface area (Å²) in [5, 5.41) is 6.47. The van der Waals surface area contributed by atoms with Crippen LogP contribution in [0.25, 0.3) is 0 Å². The van der Waals surface area contributed by atoms with Gasteiger partial charge in [0, 0.05) is 17.8 Å². The van der Waals surface area contributed by atoms with E-state index in [0.29, 0.717) is 13.0 Å². The first-order valence-corrected chi connectivity index (χ1v) is 8.51. The molecule has 0 aromatic heterocycles. The van der Waals surface area contributed by atoms with E-state index in [1.165, 1.54) is 6.07 Å². The Morgan fingerprint density at radius 3 is 2.62 bits per heavy atom. The van der Waals surface area contributed by atoms with Crippen molar-refractivity contribution in [3.8, 4) is 0 Å². The summed E-state index contributed by atoms with van der Waals surface area (Å²) in [5.41, 5.74) is 0.727. The van der Waals surface area contributed by atoms with Gasteiger partial charge in [-0.25, -0.2) is 4.39 Å². The molecule has 0 radical (unpaired) electrons. The Morgan fingerprint density at radius 2 is 2.00 bits per heavy atom. The van der Waals surface area contributed by atoms with Crippen LogP contribution in [0.5, 0.6) is 0 Å². The van der Waals surface area contributed by atoms with Crippen LogP contribution < -0.4 is 10.6 Å². The summed E-state index contributed by atoms with van der Waals surface area (Å²) in [7, 11) is 0. The van der Waals surface area contributed by atoms with Crippen LogP contribution in [-0.2, 0) is 6.42 Å². The van der Waals surface area contributed by atoms with Gasteiger partial charge >= 0.3 is 0 Å². The van der Waals surface area contributed by atoms with E-state index in [0.717, 1.165) is 24.6 Å².